The quantitative estimate of drug-likeness (QED) is 0.174. The number of thioether (sulfide) groups is 1. The summed E-state index contributed by atoms with van der Waals surface area (Å²) in [5, 5.41) is 2.52. The Morgan fingerprint density at radius 3 is 1.46 bits per heavy atom. The topological polar surface area (TPSA) is 4.93 Å². The maximum Gasteiger partial charge on any atom is 0.0632 e. The van der Waals surface area contributed by atoms with Crippen molar-refractivity contribution in [2.24, 2.45) is 0 Å². The van der Waals surface area contributed by atoms with Gasteiger partial charge in [0, 0.05) is 38.9 Å². The molecule has 1 nitrogen and oxygen atoms in total. The first-order chi connectivity index (χ1) is 22.8. The highest BCUT2D eigenvalue weighted by atomic mass is 32.2. The number of hydrogen-bond acceptors (Lipinski definition) is 1. The number of rotatable bonds is 7. The van der Waals surface area contributed by atoms with Crippen molar-refractivity contribution >= 4 is 33.6 Å². The smallest absolute Gasteiger partial charge is 0.0632 e. The van der Waals surface area contributed by atoms with Gasteiger partial charge in [-0.25, -0.2) is 0 Å². The number of para-hydroxylation sites is 2. The zero-order chi connectivity index (χ0) is 30.9. The fraction of sp³-hybridized carbons (Fsp3) is 0.0455. The summed E-state index contributed by atoms with van der Waals surface area (Å²) in [7, 11) is 0. The van der Waals surface area contributed by atoms with E-state index in [0.717, 1.165) is 11.4 Å². The molecule has 2 heteroatoms. The Morgan fingerprint density at radius 1 is 0.435 bits per heavy atom. The molecular formula is C44H33NS. The predicted molar refractivity (Wildman–Crippen MR) is 200 cm³/mol. The minimum absolute atomic E-state index is 0.997. The molecule has 0 atom stereocenters. The van der Waals surface area contributed by atoms with Crippen LogP contribution in [0.4, 0.5) is 0 Å². The van der Waals surface area contributed by atoms with Crippen LogP contribution in [0.3, 0.4) is 0 Å². The van der Waals surface area contributed by atoms with Gasteiger partial charge in [0.1, 0.15) is 0 Å². The zero-order valence-corrected chi connectivity index (χ0v) is 26.5. The van der Waals surface area contributed by atoms with Gasteiger partial charge < -0.3 is 4.57 Å². The van der Waals surface area contributed by atoms with E-state index >= 15 is 0 Å². The number of benzene rings is 7. The van der Waals surface area contributed by atoms with Crippen LogP contribution in [0.2, 0.25) is 0 Å². The Balaban J connectivity index is 1.69. The van der Waals surface area contributed by atoms with Crippen molar-refractivity contribution in [1.29, 1.82) is 0 Å². The third-order valence-electron chi connectivity index (χ3n) is 8.87. The third kappa shape index (κ3) is 4.83. The molecule has 0 saturated carbocycles. The lowest BCUT2D eigenvalue weighted by Crippen LogP contribution is -2.00. The second-order valence-corrected chi connectivity index (χ2v) is 12.5. The molecule has 0 aliphatic carbocycles. The van der Waals surface area contributed by atoms with Crippen LogP contribution in [0.1, 0.15) is 5.56 Å². The van der Waals surface area contributed by atoms with Gasteiger partial charge >= 0.3 is 0 Å². The lowest BCUT2D eigenvalue weighted by molar-refractivity contribution is 1.18. The van der Waals surface area contributed by atoms with E-state index in [2.05, 4.69) is 181 Å². The summed E-state index contributed by atoms with van der Waals surface area (Å²) in [4.78, 5) is 0. The van der Waals surface area contributed by atoms with Crippen molar-refractivity contribution < 1.29 is 0 Å². The van der Waals surface area contributed by atoms with Crippen LogP contribution < -0.4 is 0 Å². The Kier molecular flexibility index (Phi) is 7.50. The molecule has 0 amide bonds. The second kappa shape index (κ2) is 12.2. The lowest BCUT2D eigenvalue weighted by Gasteiger charge is -2.24. The Bertz CT molecular complexity index is 2270. The first-order valence-corrected chi connectivity index (χ1v) is 17.2. The first-order valence-electron chi connectivity index (χ1n) is 15.8. The summed E-state index contributed by atoms with van der Waals surface area (Å²) in [5.41, 5.74) is 14.7. The SMILES string of the molecule is CSCc1ccc(-c2c(-c3ccccc3)c(-c3ccccc3)c(-c3ccccc3)c3c2c2ccccc2n3-c2ccccc2)cc1. The molecule has 1 aromatic heterocycles. The van der Waals surface area contributed by atoms with Gasteiger partial charge in [-0.05, 0) is 57.8 Å². The van der Waals surface area contributed by atoms with Gasteiger partial charge in [0.2, 0.25) is 0 Å². The van der Waals surface area contributed by atoms with Crippen molar-refractivity contribution in [2.75, 3.05) is 6.26 Å². The Hall–Kier alpha value is -5.31. The largest absolute Gasteiger partial charge is 0.309 e. The molecule has 220 valence electrons. The minimum atomic E-state index is 0.997. The maximum absolute atomic E-state index is 2.49. The molecule has 8 rings (SSSR count). The number of nitrogens with zero attached hydrogens (tertiary/aromatic N) is 1. The van der Waals surface area contributed by atoms with Gasteiger partial charge in [0.05, 0.1) is 11.0 Å². The van der Waals surface area contributed by atoms with E-state index in [0.29, 0.717) is 0 Å². The lowest BCUT2D eigenvalue weighted by atomic mass is 9.80. The summed E-state index contributed by atoms with van der Waals surface area (Å²) in [6.07, 6.45) is 2.16. The average Bonchev–Trinajstić information content (AvgIpc) is 3.47. The van der Waals surface area contributed by atoms with Crippen LogP contribution in [0.15, 0.2) is 170 Å². The molecular weight excluding hydrogens is 575 g/mol. The Labute approximate surface area is 274 Å². The van der Waals surface area contributed by atoms with Crippen molar-refractivity contribution in [3.05, 3.63) is 175 Å². The zero-order valence-electron chi connectivity index (χ0n) is 25.7. The van der Waals surface area contributed by atoms with Gasteiger partial charge in [-0.2, -0.15) is 11.8 Å². The summed E-state index contributed by atoms with van der Waals surface area (Å²) in [5.74, 6) is 0.997. The van der Waals surface area contributed by atoms with Crippen molar-refractivity contribution in [3.8, 4) is 50.2 Å². The molecule has 0 saturated heterocycles. The van der Waals surface area contributed by atoms with E-state index in [4.69, 9.17) is 0 Å². The van der Waals surface area contributed by atoms with Crippen molar-refractivity contribution in [3.63, 3.8) is 0 Å². The van der Waals surface area contributed by atoms with Crippen molar-refractivity contribution in [1.82, 2.24) is 4.57 Å². The average molecular weight is 608 g/mol. The van der Waals surface area contributed by atoms with E-state index in [1.54, 1.807) is 0 Å². The monoisotopic (exact) mass is 607 g/mol. The summed E-state index contributed by atoms with van der Waals surface area (Å²) < 4.78 is 2.49. The normalized spacial score (nSPS) is 11.3. The highest BCUT2D eigenvalue weighted by Crippen LogP contribution is 2.53. The third-order valence-corrected chi connectivity index (χ3v) is 9.49. The van der Waals surface area contributed by atoms with Crippen LogP contribution in [0.25, 0.3) is 72.0 Å². The van der Waals surface area contributed by atoms with E-state index in [1.165, 1.54) is 71.9 Å². The minimum Gasteiger partial charge on any atom is -0.309 e. The molecule has 0 radical (unpaired) electrons. The fourth-order valence-electron chi connectivity index (χ4n) is 6.96. The molecule has 0 unspecified atom stereocenters. The van der Waals surface area contributed by atoms with Crippen LogP contribution in [-0.4, -0.2) is 10.8 Å². The molecule has 0 N–H and O–H groups in total. The van der Waals surface area contributed by atoms with Gasteiger partial charge in [-0.15, -0.1) is 0 Å². The fourth-order valence-corrected chi connectivity index (χ4v) is 7.49. The van der Waals surface area contributed by atoms with Crippen LogP contribution in [0, 0.1) is 0 Å². The van der Waals surface area contributed by atoms with Gasteiger partial charge in [0.15, 0.2) is 0 Å². The van der Waals surface area contributed by atoms with E-state index < -0.39 is 0 Å². The standard InChI is InChI=1S/C44H33NS/c1-46-30-31-26-28-35(29-27-31)41-39(32-16-6-2-7-17-32)40(33-18-8-3-9-19-33)42(34-20-10-4-11-21-34)44-43(41)37-24-14-15-25-38(37)45(44)36-22-12-5-13-23-36/h2-29H,30H2,1H3. The molecule has 8 aromatic rings. The predicted octanol–water partition coefficient (Wildman–Crippen LogP) is 12.3. The molecule has 46 heavy (non-hydrogen) atoms. The highest BCUT2D eigenvalue weighted by Gasteiger charge is 2.28. The second-order valence-electron chi connectivity index (χ2n) is 11.6. The van der Waals surface area contributed by atoms with Crippen molar-refractivity contribution in [2.45, 2.75) is 5.75 Å². The summed E-state index contributed by atoms with van der Waals surface area (Å²) in [6.45, 7) is 0. The molecule has 0 aliphatic rings. The summed E-state index contributed by atoms with van der Waals surface area (Å²) >= 11 is 1.86. The van der Waals surface area contributed by atoms with Crippen LogP contribution >= 0.6 is 11.8 Å². The number of aromatic nitrogens is 1. The van der Waals surface area contributed by atoms with Crippen LogP contribution in [0.5, 0.6) is 0 Å². The van der Waals surface area contributed by atoms with Gasteiger partial charge in [-0.1, -0.05) is 152 Å². The molecule has 7 aromatic carbocycles. The Morgan fingerprint density at radius 2 is 0.891 bits per heavy atom. The number of hydrogen-bond donors (Lipinski definition) is 0. The maximum atomic E-state index is 2.49. The molecule has 0 fully saturated rings. The molecule has 0 aliphatic heterocycles. The van der Waals surface area contributed by atoms with E-state index in [1.807, 2.05) is 11.8 Å². The van der Waals surface area contributed by atoms with Crippen LogP contribution in [-0.2, 0) is 5.75 Å². The molecule has 0 bridgehead atoms. The van der Waals surface area contributed by atoms with E-state index in [9.17, 15) is 0 Å². The van der Waals surface area contributed by atoms with E-state index in [-0.39, 0.29) is 0 Å². The number of fused-ring (bicyclic) bond motifs is 3. The molecule has 1 heterocycles. The highest BCUT2D eigenvalue weighted by molar-refractivity contribution is 7.97. The first kappa shape index (κ1) is 28.2. The molecule has 0 spiro atoms. The summed E-state index contributed by atoms with van der Waals surface area (Å²) in [6, 6.07) is 61.9. The van der Waals surface area contributed by atoms with Gasteiger partial charge in [-0.3, -0.25) is 0 Å². The van der Waals surface area contributed by atoms with Gasteiger partial charge in [0.25, 0.3) is 0 Å².